The number of fused-ring (bicyclic) bond motifs is 7. The molecule has 1 N–H and O–H groups in total. The molecule has 1 unspecified atom stereocenters. The van der Waals surface area contributed by atoms with Gasteiger partial charge in [-0.25, -0.2) is 4.39 Å². The van der Waals surface area contributed by atoms with Crippen molar-refractivity contribution in [1.29, 1.82) is 0 Å². The highest BCUT2D eigenvalue weighted by molar-refractivity contribution is 6.43. The molecular weight excluding hydrogens is 395 g/mol. The molecule has 0 aromatic heterocycles. The van der Waals surface area contributed by atoms with Gasteiger partial charge in [-0.05, 0) is 68.3 Å². The minimum atomic E-state index is -1.24. The van der Waals surface area contributed by atoms with Crippen molar-refractivity contribution in [3.8, 4) is 0 Å². The first kappa shape index (κ1) is 20.4. The van der Waals surface area contributed by atoms with Crippen LogP contribution >= 0.6 is 11.6 Å². The largest absolute Gasteiger partial charge is 0.393 e. The van der Waals surface area contributed by atoms with Gasteiger partial charge in [0.25, 0.3) is 0 Å². The van der Waals surface area contributed by atoms with E-state index in [4.69, 9.17) is 21.1 Å². The Hall–Kier alpha value is -0.490. The van der Waals surface area contributed by atoms with Crippen LogP contribution < -0.4 is 0 Å². The van der Waals surface area contributed by atoms with Gasteiger partial charge in [0.05, 0.1) is 23.3 Å². The van der Waals surface area contributed by atoms with Crippen LogP contribution in [0.4, 0.5) is 4.39 Å². The predicted molar refractivity (Wildman–Crippen MR) is 107 cm³/mol. The van der Waals surface area contributed by atoms with E-state index in [1.165, 1.54) is 0 Å². The molecular formula is C23H32ClFO4. The lowest BCUT2D eigenvalue weighted by molar-refractivity contribution is -0.201. The van der Waals surface area contributed by atoms with Crippen molar-refractivity contribution in [3.05, 3.63) is 10.6 Å². The van der Waals surface area contributed by atoms with Crippen LogP contribution in [0.25, 0.3) is 0 Å². The van der Waals surface area contributed by atoms with Crippen LogP contribution in [0.3, 0.4) is 0 Å². The number of hydrogen-bond donors (Lipinski definition) is 1. The highest BCUT2D eigenvalue weighted by Crippen LogP contribution is 2.68. The Kier molecular flexibility index (Phi) is 4.26. The number of alkyl halides is 1. The molecule has 1 heterocycles. The smallest absolute Gasteiger partial charge is 0.177 e. The monoisotopic (exact) mass is 426 g/mol. The molecule has 1 aliphatic heterocycles. The first-order valence-electron chi connectivity index (χ1n) is 11.0. The van der Waals surface area contributed by atoms with Gasteiger partial charge < -0.3 is 14.6 Å². The number of aliphatic hydroxyl groups is 1. The molecule has 5 rings (SSSR count). The van der Waals surface area contributed by atoms with E-state index in [0.29, 0.717) is 24.8 Å². The van der Waals surface area contributed by atoms with Gasteiger partial charge in [0, 0.05) is 11.3 Å². The van der Waals surface area contributed by atoms with E-state index in [0.717, 1.165) is 6.42 Å². The van der Waals surface area contributed by atoms with Crippen LogP contribution in [-0.2, 0) is 14.3 Å². The maximum Gasteiger partial charge on any atom is 0.177 e. The zero-order chi connectivity index (χ0) is 21.1. The second-order valence-corrected chi connectivity index (χ2v) is 11.6. The van der Waals surface area contributed by atoms with Crippen molar-refractivity contribution >= 4 is 17.4 Å². The summed E-state index contributed by atoms with van der Waals surface area (Å²) in [5.74, 6) is -0.871. The number of halogens is 2. The molecule has 5 aliphatic rings. The van der Waals surface area contributed by atoms with Gasteiger partial charge in [-0.1, -0.05) is 32.4 Å². The third-order valence-corrected chi connectivity index (χ3v) is 9.37. The van der Waals surface area contributed by atoms with Crippen molar-refractivity contribution in [3.63, 3.8) is 0 Å². The van der Waals surface area contributed by atoms with Crippen molar-refractivity contribution < 1.29 is 23.8 Å². The molecule has 6 heteroatoms. The number of carbonyl (C=O) groups excluding carboxylic acids is 1. The molecule has 162 valence electrons. The van der Waals surface area contributed by atoms with Crippen molar-refractivity contribution in [2.24, 2.45) is 34.5 Å². The summed E-state index contributed by atoms with van der Waals surface area (Å²) in [6, 6.07) is 0. The molecule has 4 nitrogen and oxygen atoms in total. The molecule has 0 aromatic carbocycles. The highest BCUT2D eigenvalue weighted by Gasteiger charge is 2.69. The lowest BCUT2D eigenvalue weighted by Crippen LogP contribution is -2.60. The fraction of sp³-hybridized carbons (Fsp3) is 0.870. The van der Waals surface area contributed by atoms with Crippen molar-refractivity contribution in [2.45, 2.75) is 90.6 Å². The Morgan fingerprint density at radius 3 is 2.52 bits per heavy atom. The van der Waals surface area contributed by atoms with Gasteiger partial charge in [-0.3, -0.25) is 4.79 Å². The molecule has 3 saturated carbocycles. The van der Waals surface area contributed by atoms with Crippen LogP contribution in [0, 0.1) is 34.5 Å². The molecule has 10 atom stereocenters. The van der Waals surface area contributed by atoms with Gasteiger partial charge in [-0.15, -0.1) is 0 Å². The number of hydrogen-bond acceptors (Lipinski definition) is 4. The van der Waals surface area contributed by atoms with Crippen molar-refractivity contribution in [2.75, 3.05) is 0 Å². The topological polar surface area (TPSA) is 55.8 Å². The maximum absolute atomic E-state index is 15.6. The van der Waals surface area contributed by atoms with Gasteiger partial charge in [0.15, 0.2) is 11.6 Å². The molecule has 0 radical (unpaired) electrons. The van der Waals surface area contributed by atoms with E-state index in [1.807, 2.05) is 27.7 Å². The SMILES string of the molecule is CC1C[C@@]2(C)C(=C(Cl)C1=O)[C@@H](F)C[C@@H]1[C@@H]2[C@@H](O)C[C@]2(C)[C@@H]3OC(C)(C)O[C@@H]3C[C@@H]12. The molecule has 0 aromatic rings. The van der Waals surface area contributed by atoms with E-state index in [9.17, 15) is 9.90 Å². The average Bonchev–Trinajstić information content (AvgIpc) is 3.02. The zero-order valence-electron chi connectivity index (χ0n) is 17.9. The van der Waals surface area contributed by atoms with E-state index in [2.05, 4.69) is 6.92 Å². The normalized spacial score (nSPS) is 55.9. The molecule has 0 spiro atoms. The Balaban J connectivity index is 1.57. The Morgan fingerprint density at radius 2 is 1.83 bits per heavy atom. The van der Waals surface area contributed by atoms with Crippen LogP contribution in [-0.4, -0.2) is 41.2 Å². The fourth-order valence-electron chi connectivity index (χ4n) is 8.16. The lowest BCUT2D eigenvalue weighted by atomic mass is 9.45. The summed E-state index contributed by atoms with van der Waals surface area (Å²) in [6.45, 7) is 9.95. The fourth-order valence-corrected chi connectivity index (χ4v) is 8.68. The number of aliphatic hydroxyl groups excluding tert-OH is 1. The van der Waals surface area contributed by atoms with Crippen LogP contribution in [0.5, 0.6) is 0 Å². The number of ketones is 1. The van der Waals surface area contributed by atoms with Crippen molar-refractivity contribution in [1.82, 2.24) is 0 Å². The first-order valence-corrected chi connectivity index (χ1v) is 11.4. The second-order valence-electron chi connectivity index (χ2n) is 11.2. The molecule has 0 bridgehead atoms. The number of ether oxygens (including phenoxy) is 2. The molecule has 4 aliphatic carbocycles. The van der Waals surface area contributed by atoms with Crippen LogP contribution in [0.2, 0.25) is 0 Å². The summed E-state index contributed by atoms with van der Waals surface area (Å²) in [7, 11) is 0. The lowest BCUT2D eigenvalue weighted by Gasteiger charge is -2.60. The summed E-state index contributed by atoms with van der Waals surface area (Å²) in [5, 5.41) is 11.5. The molecule has 1 saturated heterocycles. The van der Waals surface area contributed by atoms with E-state index in [1.54, 1.807) is 0 Å². The van der Waals surface area contributed by atoms with E-state index in [-0.39, 0.29) is 52.1 Å². The third-order valence-electron chi connectivity index (χ3n) is 8.98. The summed E-state index contributed by atoms with van der Waals surface area (Å²) in [4.78, 5) is 12.5. The van der Waals surface area contributed by atoms with Crippen LogP contribution in [0.15, 0.2) is 10.6 Å². The summed E-state index contributed by atoms with van der Waals surface area (Å²) >= 11 is 6.42. The standard InChI is InChI=1S/C23H32ClFO4/c1-10-8-23(5)16-11(6-13(25)17(23)18(24)19(10)27)12-7-15-20(29-21(2,3)28-15)22(12,4)9-14(16)26/h10-16,20,26H,6-9H2,1-5H3/t10?,11-,12-,13-,14-,15+,16+,20+,22-,23+/m0/s1. The maximum atomic E-state index is 15.6. The molecule has 0 amide bonds. The first-order chi connectivity index (χ1) is 13.4. The van der Waals surface area contributed by atoms with E-state index >= 15 is 4.39 Å². The van der Waals surface area contributed by atoms with Crippen LogP contribution in [0.1, 0.15) is 60.3 Å². The summed E-state index contributed by atoms with van der Waals surface area (Å²) in [5.41, 5.74) is -0.388. The predicted octanol–water partition coefficient (Wildman–Crippen LogP) is 4.38. The molecule has 29 heavy (non-hydrogen) atoms. The van der Waals surface area contributed by atoms with Gasteiger partial charge >= 0.3 is 0 Å². The Morgan fingerprint density at radius 1 is 1.14 bits per heavy atom. The summed E-state index contributed by atoms with van der Waals surface area (Å²) in [6.07, 6.45) is 0.408. The average molecular weight is 427 g/mol. The molecule has 4 fully saturated rings. The number of carbonyl (C=O) groups is 1. The second kappa shape index (κ2) is 6.05. The van der Waals surface area contributed by atoms with Gasteiger partial charge in [0.2, 0.25) is 0 Å². The number of rotatable bonds is 0. The minimum Gasteiger partial charge on any atom is -0.393 e. The Labute approximate surface area is 177 Å². The minimum absolute atomic E-state index is 0.01000. The number of Topliss-reactive ketones (excluding diaryl/α,β-unsaturated/α-hetero) is 1. The van der Waals surface area contributed by atoms with E-state index < -0.39 is 23.5 Å². The van der Waals surface area contributed by atoms with Gasteiger partial charge in [-0.2, -0.15) is 0 Å². The Bertz CT molecular complexity index is 796. The van der Waals surface area contributed by atoms with Gasteiger partial charge in [0.1, 0.15) is 6.17 Å². The number of allylic oxidation sites excluding steroid dienone is 1. The zero-order valence-corrected chi connectivity index (χ0v) is 18.6. The quantitative estimate of drug-likeness (QED) is 0.624. The third kappa shape index (κ3) is 2.57. The summed E-state index contributed by atoms with van der Waals surface area (Å²) < 4.78 is 28.0. The highest BCUT2D eigenvalue weighted by atomic mass is 35.5.